The van der Waals surface area contributed by atoms with E-state index in [0.717, 1.165) is 0 Å². The van der Waals surface area contributed by atoms with Crippen LogP contribution in [0.2, 0.25) is 0 Å². The molecule has 0 radical (unpaired) electrons. The monoisotopic (exact) mass is 291 g/mol. The Bertz CT molecular complexity index is 649. The highest BCUT2D eigenvalue weighted by molar-refractivity contribution is 6.06. The zero-order valence-electron chi connectivity index (χ0n) is 12.8. The minimum atomic E-state index is -0.368. The third-order valence-corrected chi connectivity index (χ3v) is 3.34. The molecule has 0 spiro atoms. The largest absolute Gasteiger partial charge is 0.393 e. The molecule has 0 aliphatic carbocycles. The Morgan fingerprint density at radius 3 is 2.81 bits per heavy atom. The molecule has 2 atom stereocenters. The van der Waals surface area contributed by atoms with Gasteiger partial charge in [0, 0.05) is 12.2 Å². The zero-order chi connectivity index (χ0) is 15.6. The average Bonchev–Trinajstić information content (AvgIpc) is 2.75. The molecular weight excluding hydrogens is 270 g/mol. The summed E-state index contributed by atoms with van der Waals surface area (Å²) in [5.74, 6) is 0.0326. The molecule has 2 aromatic rings. The maximum atomic E-state index is 12.4. The van der Waals surface area contributed by atoms with Crippen molar-refractivity contribution in [2.45, 2.75) is 40.2 Å². The van der Waals surface area contributed by atoms with Crippen molar-refractivity contribution in [2.24, 2.45) is 5.92 Å². The minimum absolute atomic E-state index is 0.172. The predicted octanol–water partition coefficient (Wildman–Crippen LogP) is 1.98. The van der Waals surface area contributed by atoms with Gasteiger partial charge in [0.2, 0.25) is 0 Å². The van der Waals surface area contributed by atoms with Crippen LogP contribution >= 0.6 is 0 Å². The lowest BCUT2D eigenvalue weighted by molar-refractivity contribution is 0.0941. The average molecular weight is 291 g/mol. The van der Waals surface area contributed by atoms with E-state index in [2.05, 4.69) is 15.5 Å². The van der Waals surface area contributed by atoms with Crippen LogP contribution in [0.3, 0.4) is 0 Å². The highest BCUT2D eigenvalue weighted by Gasteiger charge is 2.18. The fourth-order valence-corrected chi connectivity index (χ4v) is 2.42. The van der Waals surface area contributed by atoms with E-state index in [-0.39, 0.29) is 17.9 Å². The van der Waals surface area contributed by atoms with Gasteiger partial charge in [-0.1, -0.05) is 12.1 Å². The first-order valence-corrected chi connectivity index (χ1v) is 7.08. The molecule has 2 unspecified atom stereocenters. The molecule has 0 saturated heterocycles. The van der Waals surface area contributed by atoms with E-state index in [0.29, 0.717) is 41.0 Å². The van der Waals surface area contributed by atoms with Crippen molar-refractivity contribution in [1.29, 1.82) is 0 Å². The molecule has 2 aromatic heterocycles. The van der Waals surface area contributed by atoms with E-state index in [4.69, 9.17) is 4.52 Å². The molecule has 2 N–H and O–H groups in total. The molecule has 0 fully saturated rings. The van der Waals surface area contributed by atoms with E-state index in [1.807, 2.05) is 13.8 Å². The van der Waals surface area contributed by atoms with Crippen LogP contribution < -0.4 is 5.32 Å². The van der Waals surface area contributed by atoms with Crippen LogP contribution in [-0.2, 0) is 0 Å². The van der Waals surface area contributed by atoms with Crippen LogP contribution in [0, 0.1) is 19.8 Å². The van der Waals surface area contributed by atoms with E-state index in [9.17, 15) is 9.90 Å². The summed E-state index contributed by atoms with van der Waals surface area (Å²) in [6.07, 6.45) is 0.282. The first-order chi connectivity index (χ1) is 9.88. The quantitative estimate of drug-likeness (QED) is 0.879. The van der Waals surface area contributed by atoms with Crippen molar-refractivity contribution < 1.29 is 14.4 Å². The first kappa shape index (κ1) is 15.4. The van der Waals surface area contributed by atoms with E-state index >= 15 is 0 Å². The number of aromatic nitrogens is 2. The molecule has 21 heavy (non-hydrogen) atoms. The van der Waals surface area contributed by atoms with Gasteiger partial charge in [-0.2, -0.15) is 0 Å². The Morgan fingerprint density at radius 1 is 1.43 bits per heavy atom. The van der Waals surface area contributed by atoms with Crippen molar-refractivity contribution >= 4 is 17.0 Å². The molecule has 0 aromatic carbocycles. The number of carbonyl (C=O) groups is 1. The zero-order valence-corrected chi connectivity index (χ0v) is 12.8. The fraction of sp³-hybridized carbons (Fsp3) is 0.533. The van der Waals surface area contributed by atoms with Gasteiger partial charge < -0.3 is 14.9 Å². The normalized spacial score (nSPS) is 14.1. The second-order valence-electron chi connectivity index (χ2n) is 5.66. The summed E-state index contributed by atoms with van der Waals surface area (Å²) < 4.78 is 5.12. The lowest BCUT2D eigenvalue weighted by Crippen LogP contribution is -2.29. The SMILES string of the molecule is Cc1cc(C(=O)NCC(C)CC(C)O)c2c(C)noc2n1. The number of aliphatic hydroxyl groups excluding tert-OH is 1. The summed E-state index contributed by atoms with van der Waals surface area (Å²) in [6.45, 7) is 7.84. The van der Waals surface area contributed by atoms with Crippen LogP contribution in [0.5, 0.6) is 0 Å². The standard InChI is InChI=1S/C15H21N3O3/c1-8(5-10(3)19)7-16-14(20)12-6-9(2)17-15-13(12)11(4)18-21-15/h6,8,10,19H,5,7H2,1-4H3,(H,16,20). The van der Waals surface area contributed by atoms with Crippen LogP contribution in [0.4, 0.5) is 0 Å². The summed E-state index contributed by atoms with van der Waals surface area (Å²) in [6, 6.07) is 1.74. The van der Waals surface area contributed by atoms with Gasteiger partial charge in [-0.25, -0.2) is 4.98 Å². The predicted molar refractivity (Wildman–Crippen MR) is 79.1 cm³/mol. The number of hydrogen-bond donors (Lipinski definition) is 2. The molecule has 6 heteroatoms. The molecule has 2 heterocycles. The number of nitrogens with one attached hydrogen (secondary N) is 1. The Balaban J connectivity index is 2.18. The van der Waals surface area contributed by atoms with Crippen molar-refractivity contribution in [2.75, 3.05) is 6.54 Å². The molecule has 114 valence electrons. The minimum Gasteiger partial charge on any atom is -0.393 e. The molecule has 0 saturated carbocycles. The number of amides is 1. The molecule has 2 rings (SSSR count). The van der Waals surface area contributed by atoms with Crippen molar-refractivity contribution in [3.8, 4) is 0 Å². The summed E-state index contributed by atoms with van der Waals surface area (Å²) in [5.41, 5.74) is 2.27. The Labute approximate surface area is 123 Å². The number of pyridine rings is 1. The van der Waals surface area contributed by atoms with Gasteiger partial charge in [0.25, 0.3) is 11.6 Å². The van der Waals surface area contributed by atoms with Crippen LogP contribution in [0.25, 0.3) is 11.1 Å². The topological polar surface area (TPSA) is 88.2 Å². The smallest absolute Gasteiger partial charge is 0.258 e. The molecule has 6 nitrogen and oxygen atoms in total. The molecule has 1 amide bonds. The van der Waals surface area contributed by atoms with Gasteiger partial charge in [0.05, 0.1) is 22.7 Å². The second-order valence-corrected chi connectivity index (χ2v) is 5.66. The van der Waals surface area contributed by atoms with Gasteiger partial charge in [-0.15, -0.1) is 0 Å². The maximum Gasteiger partial charge on any atom is 0.258 e. The number of rotatable bonds is 5. The van der Waals surface area contributed by atoms with Crippen LogP contribution in [0.15, 0.2) is 10.6 Å². The summed E-state index contributed by atoms with van der Waals surface area (Å²) in [5, 5.41) is 16.8. The Kier molecular flexibility index (Phi) is 4.57. The highest BCUT2D eigenvalue weighted by Crippen LogP contribution is 2.21. The van der Waals surface area contributed by atoms with Crippen molar-refractivity contribution in [3.05, 3.63) is 23.0 Å². The van der Waals surface area contributed by atoms with Crippen LogP contribution in [0.1, 0.15) is 42.0 Å². The fourth-order valence-electron chi connectivity index (χ4n) is 2.42. The van der Waals surface area contributed by atoms with Crippen LogP contribution in [-0.4, -0.2) is 33.8 Å². The van der Waals surface area contributed by atoms with Gasteiger partial charge in [0.15, 0.2) is 0 Å². The number of hydrogen-bond acceptors (Lipinski definition) is 5. The van der Waals surface area contributed by atoms with Crippen molar-refractivity contribution in [1.82, 2.24) is 15.5 Å². The van der Waals surface area contributed by atoms with E-state index in [1.165, 1.54) is 0 Å². The second kappa shape index (κ2) is 6.22. The third kappa shape index (κ3) is 3.58. The maximum absolute atomic E-state index is 12.4. The Hall–Kier alpha value is -1.95. The van der Waals surface area contributed by atoms with E-state index < -0.39 is 0 Å². The number of aryl methyl sites for hydroxylation is 2. The highest BCUT2D eigenvalue weighted by atomic mass is 16.5. The number of nitrogens with zero attached hydrogens (tertiary/aromatic N) is 2. The first-order valence-electron chi connectivity index (χ1n) is 7.08. The lowest BCUT2D eigenvalue weighted by atomic mass is 10.0. The molecule has 0 aliphatic rings. The number of fused-ring (bicyclic) bond motifs is 1. The van der Waals surface area contributed by atoms with Gasteiger partial charge in [-0.05, 0) is 39.2 Å². The van der Waals surface area contributed by atoms with Gasteiger partial charge >= 0.3 is 0 Å². The third-order valence-electron chi connectivity index (χ3n) is 3.34. The van der Waals surface area contributed by atoms with E-state index in [1.54, 1.807) is 19.9 Å². The Morgan fingerprint density at radius 2 is 2.14 bits per heavy atom. The molecular formula is C15H21N3O3. The molecule has 0 bridgehead atoms. The summed E-state index contributed by atoms with van der Waals surface area (Å²) in [4.78, 5) is 16.6. The van der Waals surface area contributed by atoms with Gasteiger partial charge in [-0.3, -0.25) is 4.79 Å². The summed E-state index contributed by atoms with van der Waals surface area (Å²) >= 11 is 0. The lowest BCUT2D eigenvalue weighted by Gasteiger charge is -2.14. The number of carbonyl (C=O) groups excluding carboxylic acids is 1. The number of aliphatic hydroxyl groups is 1. The van der Waals surface area contributed by atoms with Crippen molar-refractivity contribution in [3.63, 3.8) is 0 Å². The molecule has 0 aliphatic heterocycles. The van der Waals surface area contributed by atoms with Gasteiger partial charge in [0.1, 0.15) is 0 Å². The summed E-state index contributed by atoms with van der Waals surface area (Å²) in [7, 11) is 0.